The predicted molar refractivity (Wildman–Crippen MR) is 73.2 cm³/mol. The van der Waals surface area contributed by atoms with E-state index in [1.165, 1.54) is 0 Å². The van der Waals surface area contributed by atoms with Crippen molar-refractivity contribution in [2.75, 3.05) is 6.61 Å². The summed E-state index contributed by atoms with van der Waals surface area (Å²) >= 11 is 0. The van der Waals surface area contributed by atoms with Crippen LogP contribution in [0.5, 0.6) is 0 Å². The number of rotatable bonds is 4. The zero-order valence-electron chi connectivity index (χ0n) is 11.0. The fourth-order valence-electron chi connectivity index (χ4n) is 2.39. The Morgan fingerprint density at radius 2 is 2.15 bits per heavy atom. The summed E-state index contributed by atoms with van der Waals surface area (Å²) in [6.45, 7) is 4.00. The first-order valence-corrected chi connectivity index (χ1v) is 6.61. The molecule has 2 aliphatic heterocycles. The summed E-state index contributed by atoms with van der Waals surface area (Å²) in [4.78, 5) is 11.9. The molecule has 20 heavy (non-hydrogen) atoms. The molecule has 2 aliphatic rings. The van der Waals surface area contributed by atoms with Crippen molar-refractivity contribution in [1.82, 2.24) is 0 Å². The molecule has 3 atom stereocenters. The van der Waals surface area contributed by atoms with Gasteiger partial charge in [0.2, 0.25) is 0 Å². The monoisotopic (exact) mass is 272 g/mol. The highest BCUT2D eigenvalue weighted by molar-refractivity contribution is 5.89. The maximum atomic E-state index is 11.9. The van der Waals surface area contributed by atoms with Gasteiger partial charge in [0.05, 0.1) is 5.56 Å². The molecule has 1 aromatic carbocycles. The lowest BCUT2D eigenvalue weighted by Gasteiger charge is -2.18. The molecular formula is C16H16O4. The van der Waals surface area contributed by atoms with Gasteiger partial charge < -0.3 is 14.2 Å². The zero-order valence-corrected chi connectivity index (χ0v) is 11.0. The van der Waals surface area contributed by atoms with Gasteiger partial charge in [-0.2, -0.15) is 0 Å². The standard InChI is InChI=1S/C16H16O4/c1-2-13-14-8-11(9-15(19-13)20-14)10-18-16(17)12-6-4-3-5-7-12/h2-8,13-15H,1,9-10H2/t13-,14-,15+/m0/s1. The molecule has 0 N–H and O–H groups in total. The van der Waals surface area contributed by atoms with E-state index >= 15 is 0 Å². The summed E-state index contributed by atoms with van der Waals surface area (Å²) in [5, 5.41) is 0. The van der Waals surface area contributed by atoms with Crippen molar-refractivity contribution < 1.29 is 19.0 Å². The summed E-state index contributed by atoms with van der Waals surface area (Å²) in [7, 11) is 0. The molecule has 4 nitrogen and oxygen atoms in total. The van der Waals surface area contributed by atoms with Crippen LogP contribution in [0.2, 0.25) is 0 Å². The molecule has 1 aromatic rings. The van der Waals surface area contributed by atoms with Gasteiger partial charge in [0.15, 0.2) is 6.29 Å². The number of hydrogen-bond acceptors (Lipinski definition) is 4. The summed E-state index contributed by atoms with van der Waals surface area (Å²) in [5.41, 5.74) is 1.59. The highest BCUT2D eigenvalue weighted by Gasteiger charge is 2.37. The van der Waals surface area contributed by atoms with Crippen molar-refractivity contribution in [2.24, 2.45) is 0 Å². The molecule has 2 heterocycles. The third-order valence-electron chi connectivity index (χ3n) is 3.40. The topological polar surface area (TPSA) is 44.8 Å². The second kappa shape index (κ2) is 5.61. The second-order valence-electron chi connectivity index (χ2n) is 4.84. The lowest BCUT2D eigenvalue weighted by atomic mass is 10.1. The van der Waals surface area contributed by atoms with Crippen LogP contribution in [0.25, 0.3) is 0 Å². The number of benzene rings is 1. The Hall–Kier alpha value is -1.91. The molecular weight excluding hydrogens is 256 g/mol. The summed E-state index contributed by atoms with van der Waals surface area (Å²) < 4.78 is 16.6. The van der Waals surface area contributed by atoms with E-state index < -0.39 is 0 Å². The molecule has 0 aliphatic carbocycles. The Balaban J connectivity index is 1.60. The Kier molecular flexibility index (Phi) is 3.67. The highest BCUT2D eigenvalue weighted by Crippen LogP contribution is 2.31. The van der Waals surface area contributed by atoms with Crippen LogP contribution in [0.3, 0.4) is 0 Å². The predicted octanol–water partition coefficient (Wildman–Crippen LogP) is 2.47. The number of carbonyl (C=O) groups is 1. The Morgan fingerprint density at radius 3 is 2.90 bits per heavy atom. The van der Waals surface area contributed by atoms with Crippen molar-refractivity contribution in [3.05, 3.63) is 60.2 Å². The molecule has 0 saturated carbocycles. The highest BCUT2D eigenvalue weighted by atomic mass is 16.7. The normalized spacial score (nSPS) is 27.8. The van der Waals surface area contributed by atoms with Gasteiger partial charge in [-0.3, -0.25) is 0 Å². The van der Waals surface area contributed by atoms with Gasteiger partial charge in [0.25, 0.3) is 0 Å². The molecule has 0 radical (unpaired) electrons. The van der Waals surface area contributed by atoms with Gasteiger partial charge >= 0.3 is 5.97 Å². The Morgan fingerprint density at radius 1 is 1.35 bits per heavy atom. The van der Waals surface area contributed by atoms with Crippen LogP contribution in [0.4, 0.5) is 0 Å². The smallest absolute Gasteiger partial charge is 0.338 e. The maximum Gasteiger partial charge on any atom is 0.338 e. The molecule has 0 spiro atoms. The Labute approximate surface area is 117 Å². The summed E-state index contributed by atoms with van der Waals surface area (Å²) in [6.07, 6.45) is 3.86. The van der Waals surface area contributed by atoms with Gasteiger partial charge in [-0.25, -0.2) is 4.79 Å². The van der Waals surface area contributed by atoms with Crippen LogP contribution in [-0.4, -0.2) is 31.1 Å². The van der Waals surface area contributed by atoms with Crippen molar-refractivity contribution in [1.29, 1.82) is 0 Å². The van der Waals surface area contributed by atoms with E-state index in [0.29, 0.717) is 12.0 Å². The average Bonchev–Trinajstić information content (AvgIpc) is 2.79. The summed E-state index contributed by atoms with van der Waals surface area (Å²) in [6, 6.07) is 8.96. The maximum absolute atomic E-state index is 11.9. The number of fused-ring (bicyclic) bond motifs is 2. The molecule has 0 aromatic heterocycles. The SMILES string of the molecule is C=C[C@@H]1O[C@H]2CC(COC(=O)c3ccccc3)=C[C@@H]1O2. The zero-order chi connectivity index (χ0) is 13.9. The lowest BCUT2D eigenvalue weighted by Crippen LogP contribution is -2.22. The molecule has 104 valence electrons. The van der Waals surface area contributed by atoms with E-state index in [-0.39, 0.29) is 31.1 Å². The average molecular weight is 272 g/mol. The minimum Gasteiger partial charge on any atom is -0.458 e. The molecule has 2 bridgehead atoms. The number of hydrogen-bond donors (Lipinski definition) is 0. The van der Waals surface area contributed by atoms with E-state index in [9.17, 15) is 4.79 Å². The number of esters is 1. The first kappa shape index (κ1) is 13.1. The molecule has 1 fully saturated rings. The van der Waals surface area contributed by atoms with Crippen LogP contribution in [0.15, 0.2) is 54.6 Å². The van der Waals surface area contributed by atoms with E-state index in [1.807, 2.05) is 24.3 Å². The largest absolute Gasteiger partial charge is 0.458 e. The molecule has 1 saturated heterocycles. The molecule has 4 heteroatoms. The van der Waals surface area contributed by atoms with Gasteiger partial charge in [-0.1, -0.05) is 30.4 Å². The van der Waals surface area contributed by atoms with Crippen LogP contribution in [-0.2, 0) is 14.2 Å². The van der Waals surface area contributed by atoms with Crippen LogP contribution in [0, 0.1) is 0 Å². The first-order chi connectivity index (χ1) is 9.76. The van der Waals surface area contributed by atoms with E-state index in [1.54, 1.807) is 18.2 Å². The third kappa shape index (κ3) is 2.66. The second-order valence-corrected chi connectivity index (χ2v) is 4.84. The van der Waals surface area contributed by atoms with Crippen molar-refractivity contribution >= 4 is 5.97 Å². The third-order valence-corrected chi connectivity index (χ3v) is 3.40. The van der Waals surface area contributed by atoms with Crippen LogP contribution < -0.4 is 0 Å². The molecule has 0 amide bonds. The van der Waals surface area contributed by atoms with Crippen molar-refractivity contribution in [3.8, 4) is 0 Å². The van der Waals surface area contributed by atoms with E-state index in [4.69, 9.17) is 14.2 Å². The van der Waals surface area contributed by atoms with Gasteiger partial charge in [-0.05, 0) is 17.7 Å². The first-order valence-electron chi connectivity index (χ1n) is 6.61. The number of ether oxygens (including phenoxy) is 3. The van der Waals surface area contributed by atoms with E-state index in [0.717, 1.165) is 5.57 Å². The summed E-state index contributed by atoms with van der Waals surface area (Å²) in [5.74, 6) is -0.313. The van der Waals surface area contributed by atoms with Crippen LogP contribution in [0.1, 0.15) is 16.8 Å². The van der Waals surface area contributed by atoms with Gasteiger partial charge in [0.1, 0.15) is 18.8 Å². The fraction of sp³-hybridized carbons (Fsp3) is 0.312. The lowest BCUT2D eigenvalue weighted by molar-refractivity contribution is -0.0620. The quantitative estimate of drug-likeness (QED) is 0.624. The van der Waals surface area contributed by atoms with E-state index in [2.05, 4.69) is 6.58 Å². The van der Waals surface area contributed by atoms with Crippen molar-refractivity contribution in [3.63, 3.8) is 0 Å². The van der Waals surface area contributed by atoms with Crippen LogP contribution >= 0.6 is 0 Å². The fourth-order valence-corrected chi connectivity index (χ4v) is 2.39. The number of carbonyl (C=O) groups excluding carboxylic acids is 1. The van der Waals surface area contributed by atoms with Gasteiger partial charge in [0, 0.05) is 6.42 Å². The van der Waals surface area contributed by atoms with Gasteiger partial charge in [-0.15, -0.1) is 6.58 Å². The molecule has 3 rings (SSSR count). The Bertz CT molecular complexity index is 535. The molecule has 0 unspecified atom stereocenters. The minimum atomic E-state index is -0.313. The van der Waals surface area contributed by atoms with Crippen molar-refractivity contribution in [2.45, 2.75) is 24.9 Å². The minimum absolute atomic E-state index is 0.109.